The highest BCUT2D eigenvalue weighted by Gasteiger charge is 2.35. The number of nitrogens with zero attached hydrogens (tertiary/aromatic N) is 4. The highest BCUT2D eigenvalue weighted by molar-refractivity contribution is 7.12. The Morgan fingerprint density at radius 2 is 1.78 bits per heavy atom. The van der Waals surface area contributed by atoms with Crippen molar-refractivity contribution in [1.29, 1.82) is 0 Å². The van der Waals surface area contributed by atoms with Gasteiger partial charge in [-0.15, -0.1) is 22.7 Å². The molecule has 0 N–H and O–H groups in total. The van der Waals surface area contributed by atoms with Crippen molar-refractivity contribution in [2.24, 2.45) is 5.10 Å². The first-order valence-electron chi connectivity index (χ1n) is 11.1. The van der Waals surface area contributed by atoms with Gasteiger partial charge in [-0.2, -0.15) is 5.10 Å². The Morgan fingerprint density at radius 3 is 2.50 bits per heavy atom. The molecule has 0 bridgehead atoms. The number of carbonyl (C=O) groups excluding carboxylic acids is 1. The molecule has 1 unspecified atom stereocenters. The summed E-state index contributed by atoms with van der Waals surface area (Å²) in [6.45, 7) is 8.44. The van der Waals surface area contributed by atoms with Crippen LogP contribution in [0.2, 0.25) is 0 Å². The van der Waals surface area contributed by atoms with Crippen molar-refractivity contribution in [3.63, 3.8) is 0 Å². The Labute approximate surface area is 197 Å². The van der Waals surface area contributed by atoms with Gasteiger partial charge < -0.3 is 4.90 Å². The minimum atomic E-state index is 0.0100. The lowest BCUT2D eigenvalue weighted by atomic mass is 10.1. The lowest BCUT2D eigenvalue weighted by molar-refractivity contribution is -0.134. The van der Waals surface area contributed by atoms with E-state index in [1.54, 1.807) is 27.7 Å². The maximum Gasteiger partial charge on any atom is 0.257 e. The van der Waals surface area contributed by atoms with Gasteiger partial charge in [-0.1, -0.05) is 24.3 Å². The number of hydrazone groups is 1. The largest absolute Gasteiger partial charge is 0.369 e. The van der Waals surface area contributed by atoms with Crippen LogP contribution in [0, 0.1) is 13.8 Å². The summed E-state index contributed by atoms with van der Waals surface area (Å²) >= 11 is 3.39. The number of thiophene rings is 2. The van der Waals surface area contributed by atoms with Crippen molar-refractivity contribution in [1.82, 2.24) is 9.91 Å². The van der Waals surface area contributed by atoms with Gasteiger partial charge in [0.1, 0.15) is 0 Å². The molecule has 0 radical (unpaired) electrons. The van der Waals surface area contributed by atoms with Gasteiger partial charge in [-0.3, -0.25) is 9.69 Å². The Bertz CT molecular complexity index is 1100. The van der Waals surface area contributed by atoms with Crippen LogP contribution >= 0.6 is 22.7 Å². The highest BCUT2D eigenvalue weighted by atomic mass is 32.1. The first kappa shape index (κ1) is 21.4. The number of rotatable bonds is 5. The van der Waals surface area contributed by atoms with Crippen LogP contribution in [0.25, 0.3) is 0 Å². The molecule has 7 heteroatoms. The standard InChI is InChI=1S/C25H28N4OS2/c1-18-6-3-7-21(19(18)2)28-12-10-27(11-13-28)17-25(30)29-22(24-9-5-15-32-24)16-20(26-29)23-8-4-14-31-23/h3-9,14-15,22H,10-13,16-17H2,1-2H3. The van der Waals surface area contributed by atoms with Crippen molar-refractivity contribution < 1.29 is 4.79 Å². The number of amides is 1. The predicted octanol–water partition coefficient (Wildman–Crippen LogP) is 4.93. The molecular formula is C25H28N4OS2. The van der Waals surface area contributed by atoms with E-state index in [2.05, 4.69) is 70.8 Å². The summed E-state index contributed by atoms with van der Waals surface area (Å²) in [5, 5.41) is 10.7. The fourth-order valence-electron chi connectivity index (χ4n) is 4.52. The molecule has 1 saturated heterocycles. The van der Waals surface area contributed by atoms with E-state index >= 15 is 0 Å². The summed E-state index contributed by atoms with van der Waals surface area (Å²) < 4.78 is 0. The zero-order chi connectivity index (χ0) is 22.1. The molecule has 2 aliphatic rings. The van der Waals surface area contributed by atoms with Crippen molar-refractivity contribution in [2.75, 3.05) is 37.6 Å². The smallest absolute Gasteiger partial charge is 0.257 e. The average Bonchev–Trinajstić information content (AvgIpc) is 3.56. The fraction of sp³-hybridized carbons (Fsp3) is 0.360. The topological polar surface area (TPSA) is 39.1 Å². The Balaban J connectivity index is 1.26. The van der Waals surface area contributed by atoms with E-state index in [0.29, 0.717) is 6.54 Å². The Kier molecular flexibility index (Phi) is 6.13. The monoisotopic (exact) mass is 464 g/mol. The molecule has 1 atom stereocenters. The average molecular weight is 465 g/mol. The molecule has 1 aromatic carbocycles. The van der Waals surface area contributed by atoms with Crippen molar-refractivity contribution in [3.8, 4) is 0 Å². The van der Waals surface area contributed by atoms with E-state index in [9.17, 15) is 4.79 Å². The van der Waals surface area contributed by atoms with Gasteiger partial charge in [0.25, 0.3) is 5.91 Å². The highest BCUT2D eigenvalue weighted by Crippen LogP contribution is 2.36. The molecule has 1 fully saturated rings. The number of carbonyl (C=O) groups is 1. The van der Waals surface area contributed by atoms with Gasteiger partial charge >= 0.3 is 0 Å². The van der Waals surface area contributed by atoms with E-state index in [1.807, 2.05) is 6.07 Å². The predicted molar refractivity (Wildman–Crippen MR) is 134 cm³/mol. The maximum atomic E-state index is 13.4. The number of piperazine rings is 1. The molecule has 2 aliphatic heterocycles. The van der Waals surface area contributed by atoms with Crippen LogP contribution in [0.15, 0.2) is 58.3 Å². The van der Waals surface area contributed by atoms with Crippen LogP contribution in [-0.4, -0.2) is 54.3 Å². The number of aryl methyl sites for hydroxylation is 1. The Morgan fingerprint density at radius 1 is 1.00 bits per heavy atom. The number of anilines is 1. The van der Waals surface area contributed by atoms with Gasteiger partial charge in [0.15, 0.2) is 0 Å². The van der Waals surface area contributed by atoms with Crippen LogP contribution in [-0.2, 0) is 4.79 Å². The molecule has 0 spiro atoms. The van der Waals surface area contributed by atoms with Gasteiger partial charge in [0, 0.05) is 43.2 Å². The van der Waals surface area contributed by atoms with E-state index in [4.69, 9.17) is 5.10 Å². The van der Waals surface area contributed by atoms with E-state index < -0.39 is 0 Å². The summed E-state index contributed by atoms with van der Waals surface area (Å²) in [6, 6.07) is 14.8. The number of hydrogen-bond donors (Lipinski definition) is 0. The van der Waals surface area contributed by atoms with Crippen LogP contribution < -0.4 is 4.90 Å². The minimum absolute atomic E-state index is 0.0100. The lowest BCUT2D eigenvalue weighted by Crippen LogP contribution is -2.49. The fourth-order valence-corrected chi connectivity index (χ4v) is 6.06. The third-order valence-electron chi connectivity index (χ3n) is 6.49. The van der Waals surface area contributed by atoms with Crippen LogP contribution in [0.3, 0.4) is 0 Å². The van der Waals surface area contributed by atoms with Gasteiger partial charge in [0.05, 0.1) is 23.2 Å². The molecule has 5 rings (SSSR count). The second-order valence-corrected chi connectivity index (χ2v) is 10.4. The summed E-state index contributed by atoms with van der Waals surface area (Å²) in [5.41, 5.74) is 5.02. The summed E-state index contributed by atoms with van der Waals surface area (Å²) in [6.07, 6.45) is 0.785. The number of hydrogen-bond acceptors (Lipinski definition) is 6. The summed E-state index contributed by atoms with van der Waals surface area (Å²) in [7, 11) is 0. The number of benzene rings is 1. The molecule has 1 amide bonds. The molecule has 4 heterocycles. The molecule has 2 aromatic heterocycles. The lowest BCUT2D eigenvalue weighted by Gasteiger charge is -2.37. The van der Waals surface area contributed by atoms with Crippen molar-refractivity contribution >= 4 is 40.0 Å². The molecule has 32 heavy (non-hydrogen) atoms. The molecule has 0 saturated carbocycles. The SMILES string of the molecule is Cc1cccc(N2CCN(CC(=O)N3N=C(c4cccs4)CC3c3cccs3)CC2)c1C. The van der Waals surface area contributed by atoms with Crippen LogP contribution in [0.5, 0.6) is 0 Å². The second kappa shape index (κ2) is 9.17. The van der Waals surface area contributed by atoms with Gasteiger partial charge in [0.2, 0.25) is 0 Å². The van der Waals surface area contributed by atoms with Crippen molar-refractivity contribution in [2.45, 2.75) is 26.3 Å². The van der Waals surface area contributed by atoms with Crippen molar-refractivity contribution in [3.05, 3.63) is 74.1 Å². The first-order chi connectivity index (χ1) is 15.6. The first-order valence-corrected chi connectivity index (χ1v) is 12.9. The van der Waals surface area contributed by atoms with Crippen LogP contribution in [0.4, 0.5) is 5.69 Å². The molecular weight excluding hydrogens is 436 g/mol. The van der Waals surface area contributed by atoms with E-state index in [0.717, 1.165) is 43.2 Å². The van der Waals surface area contributed by atoms with E-state index in [1.165, 1.54) is 21.7 Å². The maximum absolute atomic E-state index is 13.4. The third kappa shape index (κ3) is 4.25. The molecule has 5 nitrogen and oxygen atoms in total. The van der Waals surface area contributed by atoms with Gasteiger partial charge in [-0.05, 0) is 53.9 Å². The molecule has 0 aliphatic carbocycles. The summed E-state index contributed by atoms with van der Waals surface area (Å²) in [4.78, 5) is 20.4. The Hall–Kier alpha value is -2.48. The second-order valence-electron chi connectivity index (χ2n) is 8.48. The third-order valence-corrected chi connectivity index (χ3v) is 8.38. The zero-order valence-electron chi connectivity index (χ0n) is 18.5. The minimum Gasteiger partial charge on any atom is -0.369 e. The quantitative estimate of drug-likeness (QED) is 0.538. The van der Waals surface area contributed by atoms with E-state index in [-0.39, 0.29) is 11.9 Å². The van der Waals surface area contributed by atoms with Crippen LogP contribution in [0.1, 0.15) is 33.3 Å². The van der Waals surface area contributed by atoms with Gasteiger partial charge in [-0.25, -0.2) is 5.01 Å². The molecule has 166 valence electrons. The molecule has 3 aromatic rings. The zero-order valence-corrected chi connectivity index (χ0v) is 20.2. The normalized spacial score (nSPS) is 19.4. The summed E-state index contributed by atoms with van der Waals surface area (Å²) in [5.74, 6) is 0.0927.